The summed E-state index contributed by atoms with van der Waals surface area (Å²) in [4.78, 5) is 2.82. The van der Waals surface area contributed by atoms with Gasteiger partial charge < -0.3 is 10.2 Å². The molecule has 2 rings (SSSR count). The Kier molecular flexibility index (Phi) is 5.30. The molecular formula is C15H30N2. The summed E-state index contributed by atoms with van der Waals surface area (Å²) in [6.07, 6.45) is 9.89. The molecule has 0 aromatic heterocycles. The molecular weight excluding hydrogens is 208 g/mol. The molecule has 17 heavy (non-hydrogen) atoms. The zero-order valence-electron chi connectivity index (χ0n) is 11.8. The standard InChI is InChI=1S/C15H30N2/c1-3-6-15-7-4-5-10-17(15)12-14-8-9-16-13(2)11-14/h13-16H,3-12H2,1-2H3. The Morgan fingerprint density at radius 1 is 1.24 bits per heavy atom. The van der Waals surface area contributed by atoms with Crippen LogP contribution in [0.1, 0.15) is 58.8 Å². The fourth-order valence-electron chi connectivity index (χ4n) is 3.69. The fourth-order valence-corrected chi connectivity index (χ4v) is 3.69. The third kappa shape index (κ3) is 3.96. The van der Waals surface area contributed by atoms with Gasteiger partial charge in [-0.25, -0.2) is 0 Å². The highest BCUT2D eigenvalue weighted by Crippen LogP contribution is 2.25. The molecule has 2 fully saturated rings. The maximum atomic E-state index is 3.57. The van der Waals surface area contributed by atoms with Crippen molar-refractivity contribution in [3.63, 3.8) is 0 Å². The Labute approximate surface area is 107 Å². The van der Waals surface area contributed by atoms with E-state index in [1.165, 1.54) is 64.6 Å². The zero-order valence-corrected chi connectivity index (χ0v) is 11.8. The summed E-state index contributed by atoms with van der Waals surface area (Å²) in [5, 5.41) is 3.57. The van der Waals surface area contributed by atoms with Gasteiger partial charge in [-0.2, -0.15) is 0 Å². The summed E-state index contributed by atoms with van der Waals surface area (Å²) in [5.41, 5.74) is 0. The second-order valence-electron chi connectivity index (χ2n) is 6.18. The van der Waals surface area contributed by atoms with Gasteiger partial charge in [0.15, 0.2) is 0 Å². The highest BCUT2D eigenvalue weighted by Gasteiger charge is 2.26. The van der Waals surface area contributed by atoms with Gasteiger partial charge in [-0.05, 0) is 58.0 Å². The Balaban J connectivity index is 1.82. The SMILES string of the molecule is CCCC1CCCCN1CC1CCNC(C)C1. The topological polar surface area (TPSA) is 15.3 Å². The average Bonchev–Trinajstić information content (AvgIpc) is 2.32. The molecule has 0 spiro atoms. The van der Waals surface area contributed by atoms with Crippen LogP contribution < -0.4 is 5.32 Å². The van der Waals surface area contributed by atoms with Crippen molar-refractivity contribution in [2.75, 3.05) is 19.6 Å². The molecule has 2 saturated heterocycles. The van der Waals surface area contributed by atoms with E-state index in [-0.39, 0.29) is 0 Å². The normalized spacial score (nSPS) is 36.0. The molecule has 1 N–H and O–H groups in total. The lowest BCUT2D eigenvalue weighted by atomic mass is 9.90. The molecule has 0 bridgehead atoms. The fraction of sp³-hybridized carbons (Fsp3) is 1.00. The molecule has 0 amide bonds. The van der Waals surface area contributed by atoms with Gasteiger partial charge in [0.05, 0.1) is 0 Å². The number of hydrogen-bond acceptors (Lipinski definition) is 2. The molecule has 2 aliphatic rings. The van der Waals surface area contributed by atoms with Crippen LogP contribution in [0.25, 0.3) is 0 Å². The van der Waals surface area contributed by atoms with Gasteiger partial charge in [0.25, 0.3) is 0 Å². The van der Waals surface area contributed by atoms with Crippen LogP contribution in [0.5, 0.6) is 0 Å². The third-order valence-electron chi connectivity index (χ3n) is 4.60. The third-order valence-corrected chi connectivity index (χ3v) is 4.60. The van der Waals surface area contributed by atoms with Crippen LogP contribution in [0.3, 0.4) is 0 Å². The predicted octanol–water partition coefficient (Wildman–Crippen LogP) is 3.03. The van der Waals surface area contributed by atoms with Crippen molar-refractivity contribution in [1.82, 2.24) is 10.2 Å². The van der Waals surface area contributed by atoms with Crippen molar-refractivity contribution < 1.29 is 0 Å². The first-order valence-corrected chi connectivity index (χ1v) is 7.77. The monoisotopic (exact) mass is 238 g/mol. The number of nitrogens with zero attached hydrogens (tertiary/aromatic N) is 1. The lowest BCUT2D eigenvalue weighted by Crippen LogP contribution is -2.45. The largest absolute Gasteiger partial charge is 0.314 e. The molecule has 2 heteroatoms. The Morgan fingerprint density at radius 2 is 2.12 bits per heavy atom. The van der Waals surface area contributed by atoms with Gasteiger partial charge in [0.1, 0.15) is 0 Å². The zero-order chi connectivity index (χ0) is 12.1. The number of hydrogen-bond donors (Lipinski definition) is 1. The smallest absolute Gasteiger partial charge is 0.00952 e. The summed E-state index contributed by atoms with van der Waals surface area (Å²) in [5.74, 6) is 0.948. The van der Waals surface area contributed by atoms with Crippen molar-refractivity contribution >= 4 is 0 Å². The molecule has 0 radical (unpaired) electrons. The highest BCUT2D eigenvalue weighted by molar-refractivity contribution is 4.82. The molecule has 0 aromatic carbocycles. The second-order valence-corrected chi connectivity index (χ2v) is 6.18. The van der Waals surface area contributed by atoms with Gasteiger partial charge in [-0.3, -0.25) is 0 Å². The van der Waals surface area contributed by atoms with E-state index in [1.54, 1.807) is 0 Å². The van der Waals surface area contributed by atoms with Crippen LogP contribution in [0.15, 0.2) is 0 Å². The van der Waals surface area contributed by atoms with E-state index in [4.69, 9.17) is 0 Å². The van der Waals surface area contributed by atoms with Crippen LogP contribution in [0.2, 0.25) is 0 Å². The van der Waals surface area contributed by atoms with Gasteiger partial charge in [-0.15, -0.1) is 0 Å². The Morgan fingerprint density at radius 3 is 2.88 bits per heavy atom. The second kappa shape index (κ2) is 6.75. The van der Waals surface area contributed by atoms with Crippen molar-refractivity contribution in [3.8, 4) is 0 Å². The molecule has 3 atom stereocenters. The minimum absolute atomic E-state index is 0.739. The Bertz CT molecular complexity index is 215. The minimum Gasteiger partial charge on any atom is -0.314 e. The van der Waals surface area contributed by atoms with Crippen LogP contribution in [0, 0.1) is 5.92 Å². The summed E-state index contributed by atoms with van der Waals surface area (Å²) in [6.45, 7) is 8.64. The van der Waals surface area contributed by atoms with Crippen molar-refractivity contribution in [2.45, 2.75) is 70.9 Å². The average molecular weight is 238 g/mol. The molecule has 2 nitrogen and oxygen atoms in total. The first-order chi connectivity index (χ1) is 8.29. The van der Waals surface area contributed by atoms with Gasteiger partial charge in [0.2, 0.25) is 0 Å². The van der Waals surface area contributed by atoms with Crippen LogP contribution in [-0.4, -0.2) is 36.6 Å². The maximum Gasteiger partial charge on any atom is 0.00952 e. The predicted molar refractivity (Wildman–Crippen MR) is 74.3 cm³/mol. The van der Waals surface area contributed by atoms with Gasteiger partial charge in [-0.1, -0.05) is 19.8 Å². The van der Waals surface area contributed by atoms with Crippen molar-refractivity contribution in [1.29, 1.82) is 0 Å². The lowest BCUT2D eigenvalue weighted by molar-refractivity contribution is 0.104. The first-order valence-electron chi connectivity index (χ1n) is 7.77. The summed E-state index contributed by atoms with van der Waals surface area (Å²) in [6, 6.07) is 1.64. The van der Waals surface area contributed by atoms with Gasteiger partial charge >= 0.3 is 0 Å². The number of rotatable bonds is 4. The molecule has 2 aliphatic heterocycles. The number of likely N-dealkylation sites (tertiary alicyclic amines) is 1. The van der Waals surface area contributed by atoms with E-state index < -0.39 is 0 Å². The van der Waals surface area contributed by atoms with E-state index in [0.29, 0.717) is 0 Å². The van der Waals surface area contributed by atoms with Crippen molar-refractivity contribution in [3.05, 3.63) is 0 Å². The maximum absolute atomic E-state index is 3.57. The Hall–Kier alpha value is -0.0800. The van der Waals surface area contributed by atoms with E-state index in [0.717, 1.165) is 18.0 Å². The summed E-state index contributed by atoms with van der Waals surface area (Å²) < 4.78 is 0. The molecule has 2 heterocycles. The first kappa shape index (κ1) is 13.4. The van der Waals surface area contributed by atoms with E-state index in [2.05, 4.69) is 24.1 Å². The van der Waals surface area contributed by atoms with E-state index in [9.17, 15) is 0 Å². The van der Waals surface area contributed by atoms with E-state index in [1.807, 2.05) is 0 Å². The van der Waals surface area contributed by atoms with E-state index >= 15 is 0 Å². The number of nitrogens with one attached hydrogen (secondary N) is 1. The van der Waals surface area contributed by atoms with Crippen LogP contribution in [-0.2, 0) is 0 Å². The summed E-state index contributed by atoms with van der Waals surface area (Å²) in [7, 11) is 0. The summed E-state index contributed by atoms with van der Waals surface area (Å²) >= 11 is 0. The van der Waals surface area contributed by atoms with Crippen LogP contribution >= 0.6 is 0 Å². The molecule has 0 aromatic rings. The molecule has 0 aliphatic carbocycles. The molecule has 3 unspecified atom stereocenters. The highest BCUT2D eigenvalue weighted by atomic mass is 15.2. The van der Waals surface area contributed by atoms with Crippen molar-refractivity contribution in [2.24, 2.45) is 5.92 Å². The van der Waals surface area contributed by atoms with Crippen LogP contribution in [0.4, 0.5) is 0 Å². The molecule has 100 valence electrons. The lowest BCUT2D eigenvalue weighted by Gasteiger charge is -2.39. The quantitative estimate of drug-likeness (QED) is 0.810. The van der Waals surface area contributed by atoms with Gasteiger partial charge in [0, 0.05) is 18.6 Å². The molecule has 0 saturated carbocycles. The number of piperidine rings is 2. The minimum atomic E-state index is 0.739.